The third-order valence-electron chi connectivity index (χ3n) is 4.98. The van der Waals surface area contributed by atoms with Crippen LogP contribution in [0.25, 0.3) is 0 Å². The molecule has 3 rings (SSSR count). The monoisotopic (exact) mass is 485 g/mol. The molecule has 0 radical (unpaired) electrons. The van der Waals surface area contributed by atoms with E-state index in [0.717, 1.165) is 27.7 Å². The van der Waals surface area contributed by atoms with Gasteiger partial charge in [-0.2, -0.15) is 13.2 Å². The molecule has 0 aliphatic carbocycles. The molecule has 0 aromatic heterocycles. The minimum Gasteiger partial charge on any atom is -0.332 e. The number of benzene rings is 2. The molecule has 5 nitrogen and oxygen atoms in total. The van der Waals surface area contributed by atoms with Gasteiger partial charge in [0.25, 0.3) is 0 Å². The van der Waals surface area contributed by atoms with E-state index >= 15 is 0 Å². The highest BCUT2D eigenvalue weighted by molar-refractivity contribution is 7.98. The predicted molar refractivity (Wildman–Crippen MR) is 122 cm³/mol. The number of amides is 1. The fourth-order valence-corrected chi connectivity index (χ4v) is 5.57. The Balaban J connectivity index is 1.61. The largest absolute Gasteiger partial charge is 0.471 e. The highest BCUT2D eigenvalue weighted by Gasteiger charge is 2.43. The van der Waals surface area contributed by atoms with Crippen LogP contribution in [0.4, 0.5) is 18.9 Å². The minimum atomic E-state index is -4.88. The smallest absolute Gasteiger partial charge is 0.332 e. The number of thioether (sulfide) groups is 1. The second kappa shape index (κ2) is 11.2. The molecule has 2 aromatic carbocycles. The summed E-state index contributed by atoms with van der Waals surface area (Å²) in [6, 6.07) is 18.0. The molecule has 0 saturated carbocycles. The first kappa shape index (κ1) is 24.6. The van der Waals surface area contributed by atoms with Crippen LogP contribution in [0.5, 0.6) is 0 Å². The van der Waals surface area contributed by atoms with Crippen LogP contribution in [0.1, 0.15) is 18.9 Å². The normalized spacial score (nSPS) is 16.1. The van der Waals surface area contributed by atoms with Crippen molar-refractivity contribution in [2.24, 2.45) is 0 Å². The summed E-state index contributed by atoms with van der Waals surface area (Å²) in [6.45, 7) is 2.58. The van der Waals surface area contributed by atoms with Crippen molar-refractivity contribution < 1.29 is 22.2 Å². The second-order valence-electron chi connectivity index (χ2n) is 7.32. The fourth-order valence-electron chi connectivity index (χ4n) is 3.32. The van der Waals surface area contributed by atoms with Crippen LogP contribution in [0.15, 0.2) is 59.5 Å². The molecule has 1 amide bonds. The van der Waals surface area contributed by atoms with E-state index in [2.05, 4.69) is 12.1 Å². The first-order chi connectivity index (χ1) is 15.3. The Morgan fingerprint density at radius 2 is 1.66 bits per heavy atom. The topological polar surface area (TPSA) is 43.9 Å². The van der Waals surface area contributed by atoms with Gasteiger partial charge in [0.05, 0.1) is 5.69 Å². The summed E-state index contributed by atoms with van der Waals surface area (Å²) in [5.41, 5.74) is 2.03. The van der Waals surface area contributed by atoms with Gasteiger partial charge in [-0.25, -0.2) is 8.51 Å². The SMILES string of the molecule is CCCN(c1ccc(SCc2ccccc2)cc1)S(=O)N1CCN(C(=O)C(F)(F)F)CC1. The number of carbonyl (C=O) groups excluding carboxylic acids is 1. The lowest BCUT2D eigenvalue weighted by atomic mass is 10.2. The summed E-state index contributed by atoms with van der Waals surface area (Å²) < 4.78 is 54.5. The summed E-state index contributed by atoms with van der Waals surface area (Å²) in [5.74, 6) is -0.983. The molecule has 2 aromatic rings. The van der Waals surface area contributed by atoms with E-state index in [4.69, 9.17) is 0 Å². The van der Waals surface area contributed by atoms with Crippen molar-refractivity contribution in [1.29, 1.82) is 0 Å². The van der Waals surface area contributed by atoms with Gasteiger partial charge >= 0.3 is 12.1 Å². The van der Waals surface area contributed by atoms with Gasteiger partial charge < -0.3 is 4.90 Å². The van der Waals surface area contributed by atoms with Crippen LogP contribution in [0.3, 0.4) is 0 Å². The number of hydrogen-bond acceptors (Lipinski definition) is 3. The molecule has 10 heteroatoms. The molecule has 1 heterocycles. The molecule has 174 valence electrons. The number of piperazine rings is 1. The van der Waals surface area contributed by atoms with Gasteiger partial charge in [0, 0.05) is 43.4 Å². The molecule has 0 N–H and O–H groups in total. The zero-order valence-corrected chi connectivity index (χ0v) is 19.4. The summed E-state index contributed by atoms with van der Waals surface area (Å²) in [4.78, 5) is 13.3. The summed E-state index contributed by atoms with van der Waals surface area (Å²) >= 11 is 0.171. The van der Waals surface area contributed by atoms with Crippen LogP contribution in [0, 0.1) is 0 Å². The standard InChI is InChI=1S/C22H26F3N3O2S2/c1-2-12-28(32(30)27-15-13-26(14-16-27)21(29)22(23,24)25)19-8-10-20(11-9-19)31-17-18-6-4-3-5-7-18/h3-11H,2,12-17H2,1H3. The Morgan fingerprint density at radius 3 is 2.22 bits per heavy atom. The zero-order chi connectivity index (χ0) is 23.1. The van der Waals surface area contributed by atoms with E-state index in [9.17, 15) is 22.2 Å². The third-order valence-corrected chi connectivity index (χ3v) is 7.64. The first-order valence-corrected chi connectivity index (χ1v) is 12.4. The number of carbonyl (C=O) groups is 1. The Labute approximate surface area is 193 Å². The Hall–Kier alpha value is -2.04. The van der Waals surface area contributed by atoms with Gasteiger partial charge in [-0.1, -0.05) is 37.3 Å². The van der Waals surface area contributed by atoms with Crippen LogP contribution in [0.2, 0.25) is 0 Å². The maximum absolute atomic E-state index is 13.2. The van der Waals surface area contributed by atoms with Gasteiger partial charge in [0.15, 0.2) is 11.2 Å². The van der Waals surface area contributed by atoms with Crippen LogP contribution >= 0.6 is 11.8 Å². The maximum Gasteiger partial charge on any atom is 0.471 e. The van der Waals surface area contributed by atoms with E-state index < -0.39 is 23.3 Å². The van der Waals surface area contributed by atoms with Crippen LogP contribution in [-0.2, 0) is 21.7 Å². The van der Waals surface area contributed by atoms with E-state index in [0.29, 0.717) is 6.54 Å². The Morgan fingerprint density at radius 1 is 1.03 bits per heavy atom. The molecule has 1 aliphatic heterocycles. The van der Waals surface area contributed by atoms with Gasteiger partial charge in [0.2, 0.25) is 0 Å². The molecule has 1 unspecified atom stereocenters. The second-order valence-corrected chi connectivity index (χ2v) is 9.79. The molecule has 1 saturated heterocycles. The van der Waals surface area contributed by atoms with E-state index in [1.165, 1.54) is 5.56 Å². The maximum atomic E-state index is 13.2. The lowest BCUT2D eigenvalue weighted by Crippen LogP contribution is -2.54. The number of nitrogens with zero attached hydrogens (tertiary/aromatic N) is 3. The molecule has 32 heavy (non-hydrogen) atoms. The van der Waals surface area contributed by atoms with E-state index in [1.54, 1.807) is 20.4 Å². The Kier molecular flexibility index (Phi) is 8.61. The molecule has 1 atom stereocenters. The van der Waals surface area contributed by atoms with E-state index in [-0.39, 0.29) is 26.2 Å². The number of anilines is 1. The molecule has 1 aliphatic rings. The van der Waals surface area contributed by atoms with Crippen molar-refractivity contribution in [2.75, 3.05) is 37.0 Å². The average molecular weight is 486 g/mol. The molecule has 0 bridgehead atoms. The molecular formula is C22H26F3N3O2S2. The van der Waals surface area contributed by atoms with Gasteiger partial charge in [-0.05, 0) is 36.2 Å². The number of halogens is 3. The van der Waals surface area contributed by atoms with Gasteiger partial charge in [0.1, 0.15) is 0 Å². The molecular weight excluding hydrogens is 459 g/mol. The quantitative estimate of drug-likeness (QED) is 0.518. The van der Waals surface area contributed by atoms with Crippen molar-refractivity contribution in [3.8, 4) is 0 Å². The lowest BCUT2D eigenvalue weighted by Gasteiger charge is -2.36. The number of alkyl halides is 3. The zero-order valence-electron chi connectivity index (χ0n) is 17.8. The lowest BCUT2D eigenvalue weighted by molar-refractivity contribution is -0.186. The number of hydrogen-bond donors (Lipinski definition) is 0. The summed E-state index contributed by atoms with van der Waals surface area (Å²) in [6.07, 6.45) is -4.11. The van der Waals surface area contributed by atoms with Crippen LogP contribution < -0.4 is 4.31 Å². The average Bonchev–Trinajstić information content (AvgIpc) is 2.81. The number of rotatable bonds is 8. The minimum absolute atomic E-state index is 0.0981. The van der Waals surface area contributed by atoms with Gasteiger partial charge in [-0.3, -0.25) is 9.10 Å². The Bertz CT molecular complexity index is 903. The predicted octanol–water partition coefficient (Wildman–Crippen LogP) is 4.48. The summed E-state index contributed by atoms with van der Waals surface area (Å²) in [7, 11) is 0. The molecule has 1 fully saturated rings. The van der Waals surface area contributed by atoms with E-state index in [1.807, 2.05) is 49.4 Å². The van der Waals surface area contributed by atoms with Gasteiger partial charge in [-0.15, -0.1) is 11.8 Å². The van der Waals surface area contributed by atoms with Crippen molar-refractivity contribution in [2.45, 2.75) is 30.2 Å². The first-order valence-electron chi connectivity index (χ1n) is 10.4. The highest BCUT2D eigenvalue weighted by Crippen LogP contribution is 2.27. The van der Waals surface area contributed by atoms with Crippen molar-refractivity contribution in [3.63, 3.8) is 0 Å². The van der Waals surface area contributed by atoms with Crippen LogP contribution in [-0.4, -0.2) is 58.2 Å². The van der Waals surface area contributed by atoms with Crippen molar-refractivity contribution in [3.05, 3.63) is 60.2 Å². The summed E-state index contributed by atoms with van der Waals surface area (Å²) in [5, 5.41) is 0. The highest BCUT2D eigenvalue weighted by atomic mass is 32.2. The third kappa shape index (κ3) is 6.49. The van der Waals surface area contributed by atoms with Crippen molar-refractivity contribution in [1.82, 2.24) is 9.21 Å². The van der Waals surface area contributed by atoms with Crippen molar-refractivity contribution >= 4 is 34.5 Å². The fraction of sp³-hybridized carbons (Fsp3) is 0.409. The molecule has 0 spiro atoms.